The van der Waals surface area contributed by atoms with E-state index >= 15 is 0 Å². The lowest BCUT2D eigenvalue weighted by molar-refractivity contribution is -0.137. The molecule has 1 aromatic carbocycles. The van der Waals surface area contributed by atoms with Gasteiger partial charge in [-0.3, -0.25) is 4.90 Å². The van der Waals surface area contributed by atoms with Crippen LogP contribution in [0.5, 0.6) is 0 Å². The maximum Gasteiger partial charge on any atom is 0.416 e. The predicted molar refractivity (Wildman–Crippen MR) is 76.4 cm³/mol. The van der Waals surface area contributed by atoms with E-state index in [9.17, 15) is 13.2 Å². The summed E-state index contributed by atoms with van der Waals surface area (Å²) in [6, 6.07) is 3.84. The summed E-state index contributed by atoms with van der Waals surface area (Å²) in [6.07, 6.45) is -4.32. The van der Waals surface area contributed by atoms with Crippen molar-refractivity contribution in [2.24, 2.45) is 0 Å². The first-order valence-corrected chi connectivity index (χ1v) is 6.55. The highest BCUT2D eigenvalue weighted by atomic mass is 35.5. The van der Waals surface area contributed by atoms with Crippen molar-refractivity contribution in [2.45, 2.75) is 25.7 Å². The second-order valence-corrected chi connectivity index (χ2v) is 5.30. The minimum absolute atomic E-state index is 0. The number of halogens is 5. The maximum absolute atomic E-state index is 12.7. The highest BCUT2D eigenvalue weighted by molar-refractivity contribution is 6.31. The van der Waals surface area contributed by atoms with Gasteiger partial charge in [0.05, 0.1) is 5.56 Å². The van der Waals surface area contributed by atoms with Crippen molar-refractivity contribution in [3.05, 3.63) is 34.3 Å². The molecule has 2 rings (SSSR count). The van der Waals surface area contributed by atoms with Gasteiger partial charge in [-0.05, 0) is 30.7 Å². The van der Waals surface area contributed by atoms with Crippen LogP contribution in [-0.2, 0) is 12.7 Å². The number of alkyl halides is 3. The minimum Gasteiger partial charge on any atom is -0.312 e. The molecule has 1 heterocycles. The molecule has 0 radical (unpaired) electrons. The average Bonchev–Trinajstić information content (AvgIpc) is 2.30. The third-order valence-corrected chi connectivity index (χ3v) is 3.59. The molecule has 0 saturated carbocycles. The fourth-order valence-electron chi connectivity index (χ4n) is 2.27. The van der Waals surface area contributed by atoms with Crippen LogP contribution >= 0.6 is 24.0 Å². The third kappa shape index (κ3) is 4.52. The van der Waals surface area contributed by atoms with Gasteiger partial charge in [-0.25, -0.2) is 0 Å². The number of hydrogen-bond donors (Lipinski definition) is 1. The number of rotatable bonds is 2. The predicted octanol–water partition coefficient (Wildman–Crippen LogP) is 3.57. The molecule has 1 atom stereocenters. The fraction of sp³-hybridized carbons (Fsp3) is 0.538. The van der Waals surface area contributed by atoms with E-state index in [1.54, 1.807) is 0 Å². The van der Waals surface area contributed by atoms with Gasteiger partial charge in [-0.15, -0.1) is 12.4 Å². The Labute approximate surface area is 127 Å². The van der Waals surface area contributed by atoms with Gasteiger partial charge >= 0.3 is 6.18 Å². The summed E-state index contributed by atoms with van der Waals surface area (Å²) in [7, 11) is 0. The van der Waals surface area contributed by atoms with E-state index in [2.05, 4.69) is 17.1 Å². The lowest BCUT2D eigenvalue weighted by Gasteiger charge is -2.32. The molecule has 0 spiro atoms. The SMILES string of the molecule is C[C@H]1CN(Cc2cc(C(F)(F)F)ccc2Cl)CCN1.Cl. The number of piperazine rings is 1. The average molecular weight is 329 g/mol. The zero-order valence-corrected chi connectivity index (χ0v) is 12.6. The van der Waals surface area contributed by atoms with Gasteiger partial charge < -0.3 is 5.32 Å². The van der Waals surface area contributed by atoms with Crippen LogP contribution in [0.25, 0.3) is 0 Å². The zero-order valence-electron chi connectivity index (χ0n) is 11.0. The van der Waals surface area contributed by atoms with Crippen LogP contribution in [0.15, 0.2) is 18.2 Å². The summed E-state index contributed by atoms with van der Waals surface area (Å²) in [6.45, 7) is 4.98. The third-order valence-electron chi connectivity index (χ3n) is 3.22. The van der Waals surface area contributed by atoms with E-state index in [0.29, 0.717) is 23.2 Å². The van der Waals surface area contributed by atoms with Crippen molar-refractivity contribution in [2.75, 3.05) is 19.6 Å². The zero-order chi connectivity index (χ0) is 14.0. The highest BCUT2D eigenvalue weighted by Crippen LogP contribution is 2.32. The Balaban J connectivity index is 0.00000200. The van der Waals surface area contributed by atoms with Gasteiger partial charge in [0.15, 0.2) is 0 Å². The lowest BCUT2D eigenvalue weighted by atomic mass is 10.1. The number of nitrogens with one attached hydrogen (secondary N) is 1. The molecule has 0 amide bonds. The van der Waals surface area contributed by atoms with Gasteiger partial charge in [0.2, 0.25) is 0 Å². The molecule has 2 nitrogen and oxygen atoms in total. The van der Waals surface area contributed by atoms with E-state index in [4.69, 9.17) is 11.6 Å². The number of hydrogen-bond acceptors (Lipinski definition) is 2. The molecule has 7 heteroatoms. The highest BCUT2D eigenvalue weighted by Gasteiger charge is 2.31. The van der Waals surface area contributed by atoms with Crippen LogP contribution in [0.4, 0.5) is 13.2 Å². The Morgan fingerprint density at radius 3 is 2.70 bits per heavy atom. The van der Waals surface area contributed by atoms with Crippen molar-refractivity contribution >= 4 is 24.0 Å². The Hall–Kier alpha value is -0.490. The summed E-state index contributed by atoms with van der Waals surface area (Å²) >= 11 is 5.99. The normalized spacial score (nSPS) is 20.6. The summed E-state index contributed by atoms with van der Waals surface area (Å²) < 4.78 is 38.0. The van der Waals surface area contributed by atoms with Crippen molar-refractivity contribution in [3.8, 4) is 0 Å². The lowest BCUT2D eigenvalue weighted by Crippen LogP contribution is -2.48. The van der Waals surface area contributed by atoms with Crippen molar-refractivity contribution in [1.29, 1.82) is 0 Å². The molecule has 114 valence electrons. The standard InChI is InChI=1S/C13H16ClF3N2.ClH/c1-9-7-19(5-4-18-9)8-10-6-11(13(15,16)17)2-3-12(10)14;/h2-3,6,9,18H,4-5,7-8H2,1H3;1H/t9-;/m0./s1. The Morgan fingerprint density at radius 2 is 2.10 bits per heavy atom. The monoisotopic (exact) mass is 328 g/mol. The minimum atomic E-state index is -4.32. The molecular weight excluding hydrogens is 312 g/mol. The largest absolute Gasteiger partial charge is 0.416 e. The van der Waals surface area contributed by atoms with Gasteiger partial charge in [0.25, 0.3) is 0 Å². The number of nitrogens with zero attached hydrogens (tertiary/aromatic N) is 1. The smallest absolute Gasteiger partial charge is 0.312 e. The molecule has 0 aromatic heterocycles. The van der Waals surface area contributed by atoms with Crippen LogP contribution in [0.3, 0.4) is 0 Å². The molecule has 1 aliphatic heterocycles. The van der Waals surface area contributed by atoms with Crippen molar-refractivity contribution in [3.63, 3.8) is 0 Å². The topological polar surface area (TPSA) is 15.3 Å². The van der Waals surface area contributed by atoms with Crippen LogP contribution in [0.2, 0.25) is 5.02 Å². The summed E-state index contributed by atoms with van der Waals surface area (Å²) in [5.74, 6) is 0. The fourth-order valence-corrected chi connectivity index (χ4v) is 2.45. The Bertz CT molecular complexity index is 452. The first kappa shape index (κ1) is 17.6. The molecule has 1 fully saturated rings. The second-order valence-electron chi connectivity index (χ2n) is 4.89. The first-order valence-electron chi connectivity index (χ1n) is 6.17. The van der Waals surface area contributed by atoms with E-state index in [0.717, 1.165) is 31.8 Å². The van der Waals surface area contributed by atoms with Gasteiger partial charge in [-0.1, -0.05) is 11.6 Å². The van der Waals surface area contributed by atoms with Gasteiger partial charge in [0, 0.05) is 37.2 Å². The van der Waals surface area contributed by atoms with E-state index in [1.165, 1.54) is 6.07 Å². The van der Waals surface area contributed by atoms with Crippen LogP contribution in [0, 0.1) is 0 Å². The molecule has 1 N–H and O–H groups in total. The second kappa shape index (κ2) is 6.98. The summed E-state index contributed by atoms with van der Waals surface area (Å²) in [5, 5.41) is 3.68. The molecule has 0 bridgehead atoms. The Morgan fingerprint density at radius 1 is 1.40 bits per heavy atom. The molecule has 20 heavy (non-hydrogen) atoms. The van der Waals surface area contributed by atoms with E-state index in [1.807, 2.05) is 0 Å². The van der Waals surface area contributed by atoms with Crippen molar-refractivity contribution < 1.29 is 13.2 Å². The van der Waals surface area contributed by atoms with Crippen LogP contribution in [0.1, 0.15) is 18.1 Å². The molecule has 1 saturated heterocycles. The summed E-state index contributed by atoms with van der Waals surface area (Å²) in [5.41, 5.74) is -0.110. The molecule has 1 aromatic rings. The molecular formula is C13H17Cl2F3N2. The summed E-state index contributed by atoms with van der Waals surface area (Å²) in [4.78, 5) is 2.11. The van der Waals surface area contributed by atoms with E-state index < -0.39 is 11.7 Å². The first-order chi connectivity index (χ1) is 8.86. The maximum atomic E-state index is 12.7. The number of benzene rings is 1. The van der Waals surface area contributed by atoms with Crippen LogP contribution in [-0.4, -0.2) is 30.6 Å². The molecule has 1 aliphatic rings. The van der Waals surface area contributed by atoms with E-state index in [-0.39, 0.29) is 12.4 Å². The van der Waals surface area contributed by atoms with Gasteiger partial charge in [-0.2, -0.15) is 13.2 Å². The van der Waals surface area contributed by atoms with Crippen LogP contribution < -0.4 is 5.32 Å². The van der Waals surface area contributed by atoms with Gasteiger partial charge in [0.1, 0.15) is 0 Å². The Kier molecular flexibility index (Phi) is 6.13. The quantitative estimate of drug-likeness (QED) is 0.892. The molecule has 0 aliphatic carbocycles. The van der Waals surface area contributed by atoms with Crippen molar-refractivity contribution in [1.82, 2.24) is 10.2 Å². The molecule has 0 unspecified atom stereocenters.